The Morgan fingerprint density at radius 3 is 2.69 bits per heavy atom. The molecule has 0 saturated carbocycles. The van der Waals surface area contributed by atoms with Gasteiger partial charge >= 0.3 is 0 Å². The Kier molecular flexibility index (Phi) is 3.30. The number of nitrogens with zero attached hydrogens (tertiary/aromatic N) is 1. The van der Waals surface area contributed by atoms with Crippen LogP contribution in [0.2, 0.25) is 0 Å². The summed E-state index contributed by atoms with van der Waals surface area (Å²) >= 11 is 0. The molecule has 0 aliphatic heterocycles. The number of rotatable bonds is 4. The van der Waals surface area contributed by atoms with Crippen LogP contribution in [0.25, 0.3) is 10.9 Å². The number of hydrogen-bond acceptors (Lipinski definition) is 1. The van der Waals surface area contributed by atoms with Crippen molar-refractivity contribution in [3.05, 3.63) is 36.0 Å². The van der Waals surface area contributed by atoms with Crippen molar-refractivity contribution in [2.24, 2.45) is 5.92 Å². The second kappa shape index (κ2) is 4.71. The fourth-order valence-corrected chi connectivity index (χ4v) is 2.18. The smallest absolute Gasteiger partial charge is 0.0483 e. The molecule has 0 radical (unpaired) electrons. The number of hydrogen-bond donors (Lipinski definition) is 1. The maximum absolute atomic E-state index is 3.24. The van der Waals surface area contributed by atoms with Gasteiger partial charge in [0.25, 0.3) is 0 Å². The molecule has 2 aromatic rings. The summed E-state index contributed by atoms with van der Waals surface area (Å²) in [5, 5.41) is 4.58. The van der Waals surface area contributed by atoms with E-state index in [9.17, 15) is 0 Å². The van der Waals surface area contributed by atoms with Gasteiger partial charge in [-0.2, -0.15) is 0 Å². The molecule has 86 valence electrons. The van der Waals surface area contributed by atoms with Crippen LogP contribution < -0.4 is 5.32 Å². The van der Waals surface area contributed by atoms with E-state index in [4.69, 9.17) is 0 Å². The zero-order chi connectivity index (χ0) is 11.5. The number of aromatic nitrogens is 1. The molecule has 1 aromatic heterocycles. The monoisotopic (exact) mass is 216 g/mol. The van der Waals surface area contributed by atoms with Gasteiger partial charge in [0.1, 0.15) is 0 Å². The summed E-state index contributed by atoms with van der Waals surface area (Å²) in [5.74, 6) is 0.673. The highest BCUT2D eigenvalue weighted by atomic mass is 15.0. The lowest BCUT2D eigenvalue weighted by molar-refractivity contribution is 0.517. The molecule has 0 spiro atoms. The Hall–Kier alpha value is -1.28. The van der Waals surface area contributed by atoms with Crippen LogP contribution in [0.1, 0.15) is 19.5 Å². The predicted octanol–water partition coefficient (Wildman–Crippen LogP) is 3.02. The number of fused-ring (bicyclic) bond motifs is 1. The maximum Gasteiger partial charge on any atom is 0.0483 e. The normalized spacial score (nSPS) is 11.5. The van der Waals surface area contributed by atoms with E-state index in [2.05, 4.69) is 54.1 Å². The Labute approximate surface area is 97.3 Å². The highest BCUT2D eigenvalue weighted by Gasteiger charge is 2.08. The van der Waals surface area contributed by atoms with Crippen LogP contribution >= 0.6 is 0 Å². The number of para-hydroxylation sites is 1. The molecule has 0 aliphatic rings. The first-order valence-corrected chi connectivity index (χ1v) is 5.94. The summed E-state index contributed by atoms with van der Waals surface area (Å²) in [7, 11) is 2.00. The zero-order valence-electron chi connectivity index (χ0n) is 10.3. The minimum absolute atomic E-state index is 0.673. The van der Waals surface area contributed by atoms with Crippen LogP contribution in [-0.2, 0) is 13.1 Å². The van der Waals surface area contributed by atoms with E-state index in [1.807, 2.05) is 7.05 Å². The molecule has 1 aromatic carbocycles. The van der Waals surface area contributed by atoms with Crippen LogP contribution in [0.3, 0.4) is 0 Å². The Morgan fingerprint density at radius 1 is 1.25 bits per heavy atom. The van der Waals surface area contributed by atoms with E-state index in [1.54, 1.807) is 0 Å². The van der Waals surface area contributed by atoms with Crippen molar-refractivity contribution in [2.45, 2.75) is 26.9 Å². The lowest BCUT2D eigenvalue weighted by Gasteiger charge is -2.12. The van der Waals surface area contributed by atoms with Crippen molar-refractivity contribution in [1.29, 1.82) is 0 Å². The summed E-state index contributed by atoms with van der Waals surface area (Å²) < 4.78 is 2.43. The van der Waals surface area contributed by atoms with E-state index >= 15 is 0 Å². The van der Waals surface area contributed by atoms with Crippen LogP contribution in [0, 0.1) is 5.92 Å². The van der Waals surface area contributed by atoms with E-state index in [-0.39, 0.29) is 0 Å². The Balaban J connectivity index is 2.50. The van der Waals surface area contributed by atoms with Crippen molar-refractivity contribution in [1.82, 2.24) is 9.88 Å². The summed E-state index contributed by atoms with van der Waals surface area (Å²) in [6.45, 7) is 6.54. The third-order valence-electron chi connectivity index (χ3n) is 2.80. The highest BCUT2D eigenvalue weighted by Crippen LogP contribution is 2.21. The van der Waals surface area contributed by atoms with Crippen molar-refractivity contribution in [2.75, 3.05) is 7.05 Å². The molecule has 0 bridgehead atoms. The standard InChI is InChI=1S/C14H20N2/c1-11(2)10-16-13(9-15-3)8-12-6-4-5-7-14(12)16/h4-8,11,15H,9-10H2,1-3H3. The fourth-order valence-electron chi connectivity index (χ4n) is 2.18. The Morgan fingerprint density at radius 2 is 2.00 bits per heavy atom. The summed E-state index contributed by atoms with van der Waals surface area (Å²) in [6, 6.07) is 10.9. The quantitative estimate of drug-likeness (QED) is 0.831. The van der Waals surface area contributed by atoms with Crippen LogP contribution in [0.5, 0.6) is 0 Å². The van der Waals surface area contributed by atoms with Crippen molar-refractivity contribution in [3.8, 4) is 0 Å². The molecule has 0 unspecified atom stereocenters. The largest absolute Gasteiger partial charge is 0.343 e. The molecule has 16 heavy (non-hydrogen) atoms. The molecule has 2 rings (SSSR count). The second-order valence-electron chi connectivity index (χ2n) is 4.73. The van der Waals surface area contributed by atoms with Crippen LogP contribution in [0.4, 0.5) is 0 Å². The lowest BCUT2D eigenvalue weighted by Crippen LogP contribution is -2.13. The van der Waals surface area contributed by atoms with Crippen LogP contribution in [0.15, 0.2) is 30.3 Å². The molecular formula is C14H20N2. The van der Waals surface area contributed by atoms with Crippen molar-refractivity contribution < 1.29 is 0 Å². The molecule has 0 fully saturated rings. The minimum atomic E-state index is 0.673. The van der Waals surface area contributed by atoms with Gasteiger partial charge < -0.3 is 9.88 Å². The summed E-state index contributed by atoms with van der Waals surface area (Å²) in [4.78, 5) is 0. The predicted molar refractivity (Wildman–Crippen MR) is 69.5 cm³/mol. The van der Waals surface area contributed by atoms with Gasteiger partial charge in [0.2, 0.25) is 0 Å². The topological polar surface area (TPSA) is 17.0 Å². The van der Waals surface area contributed by atoms with E-state index in [1.165, 1.54) is 16.6 Å². The van der Waals surface area contributed by atoms with Crippen LogP contribution in [-0.4, -0.2) is 11.6 Å². The second-order valence-corrected chi connectivity index (χ2v) is 4.73. The molecule has 0 saturated heterocycles. The average Bonchev–Trinajstić information content (AvgIpc) is 2.57. The first-order valence-electron chi connectivity index (χ1n) is 5.94. The number of benzene rings is 1. The van der Waals surface area contributed by atoms with E-state index in [0.717, 1.165) is 13.1 Å². The van der Waals surface area contributed by atoms with Gasteiger partial charge in [0, 0.05) is 24.3 Å². The fraction of sp³-hybridized carbons (Fsp3) is 0.429. The summed E-state index contributed by atoms with van der Waals surface area (Å²) in [5.41, 5.74) is 2.72. The third-order valence-corrected chi connectivity index (χ3v) is 2.80. The van der Waals surface area contributed by atoms with Gasteiger partial charge in [0.15, 0.2) is 0 Å². The third kappa shape index (κ3) is 2.12. The van der Waals surface area contributed by atoms with Gasteiger partial charge in [-0.15, -0.1) is 0 Å². The SMILES string of the molecule is CNCc1cc2ccccc2n1CC(C)C. The lowest BCUT2D eigenvalue weighted by atomic mass is 10.2. The molecular weight excluding hydrogens is 196 g/mol. The van der Waals surface area contributed by atoms with E-state index < -0.39 is 0 Å². The van der Waals surface area contributed by atoms with Gasteiger partial charge in [0.05, 0.1) is 0 Å². The van der Waals surface area contributed by atoms with Crippen molar-refractivity contribution >= 4 is 10.9 Å². The van der Waals surface area contributed by atoms with Gasteiger partial charge in [-0.3, -0.25) is 0 Å². The average molecular weight is 216 g/mol. The zero-order valence-corrected chi connectivity index (χ0v) is 10.3. The molecule has 1 heterocycles. The summed E-state index contributed by atoms with van der Waals surface area (Å²) in [6.07, 6.45) is 0. The molecule has 1 N–H and O–H groups in total. The highest BCUT2D eigenvalue weighted by molar-refractivity contribution is 5.81. The molecule has 0 atom stereocenters. The first kappa shape index (κ1) is 11.2. The van der Waals surface area contributed by atoms with Crippen molar-refractivity contribution in [3.63, 3.8) is 0 Å². The molecule has 0 amide bonds. The maximum atomic E-state index is 3.24. The first-order chi connectivity index (χ1) is 7.72. The number of nitrogens with one attached hydrogen (secondary N) is 1. The molecule has 2 heteroatoms. The van der Waals surface area contributed by atoms with Gasteiger partial charge in [-0.1, -0.05) is 32.0 Å². The van der Waals surface area contributed by atoms with E-state index in [0.29, 0.717) is 5.92 Å². The molecule has 2 nitrogen and oxygen atoms in total. The minimum Gasteiger partial charge on any atom is -0.343 e. The molecule has 0 aliphatic carbocycles. The Bertz CT molecular complexity index is 469. The van der Waals surface area contributed by atoms with Gasteiger partial charge in [-0.05, 0) is 30.5 Å². The van der Waals surface area contributed by atoms with Gasteiger partial charge in [-0.25, -0.2) is 0 Å².